The normalized spacial score (nSPS) is 26.6. The number of β-amino-alcohol motifs (C(OH)–C–C–N with tert-alkyl or cyclic N) is 1. The second-order valence-electron chi connectivity index (χ2n) is 6.14. The SMILES string of the molecule is O=C(NCC1CCCCCCC1)N1CCCC(O)C1. The lowest BCUT2D eigenvalue weighted by molar-refractivity contribution is 0.0838. The van der Waals surface area contributed by atoms with Gasteiger partial charge in [0.1, 0.15) is 0 Å². The number of rotatable bonds is 2. The molecule has 0 aromatic heterocycles. The molecule has 0 aromatic rings. The summed E-state index contributed by atoms with van der Waals surface area (Å²) in [4.78, 5) is 13.8. The zero-order valence-corrected chi connectivity index (χ0v) is 11.9. The molecule has 1 aliphatic carbocycles. The number of carbonyl (C=O) groups excluding carboxylic acids is 1. The molecule has 1 heterocycles. The Morgan fingerprint density at radius 3 is 2.42 bits per heavy atom. The fraction of sp³-hybridized carbons (Fsp3) is 0.933. The van der Waals surface area contributed by atoms with E-state index < -0.39 is 0 Å². The first-order valence-corrected chi connectivity index (χ1v) is 7.96. The van der Waals surface area contributed by atoms with Gasteiger partial charge >= 0.3 is 6.03 Å². The number of likely N-dealkylation sites (tertiary alicyclic amines) is 1. The molecule has 1 unspecified atom stereocenters. The van der Waals surface area contributed by atoms with Crippen molar-refractivity contribution < 1.29 is 9.90 Å². The maximum absolute atomic E-state index is 12.0. The van der Waals surface area contributed by atoms with Crippen LogP contribution in [-0.2, 0) is 0 Å². The highest BCUT2D eigenvalue weighted by atomic mass is 16.3. The minimum Gasteiger partial charge on any atom is -0.391 e. The third-order valence-corrected chi connectivity index (χ3v) is 4.45. The van der Waals surface area contributed by atoms with Crippen LogP contribution in [0.25, 0.3) is 0 Å². The Bertz CT molecular complexity index is 275. The number of carbonyl (C=O) groups is 1. The number of aliphatic hydroxyl groups is 1. The standard InChI is InChI=1S/C15H28N2O2/c18-14-9-6-10-17(12-14)15(19)16-11-13-7-4-2-1-3-5-8-13/h13-14,18H,1-12H2,(H,16,19). The van der Waals surface area contributed by atoms with Crippen LogP contribution in [0.15, 0.2) is 0 Å². The Hall–Kier alpha value is -0.770. The van der Waals surface area contributed by atoms with Crippen LogP contribution >= 0.6 is 0 Å². The summed E-state index contributed by atoms with van der Waals surface area (Å²) in [5.74, 6) is 0.652. The molecule has 4 nitrogen and oxygen atoms in total. The summed E-state index contributed by atoms with van der Waals surface area (Å²) >= 11 is 0. The summed E-state index contributed by atoms with van der Waals surface area (Å²) in [5.41, 5.74) is 0. The first-order chi connectivity index (χ1) is 9.25. The van der Waals surface area contributed by atoms with Gasteiger partial charge in [0.15, 0.2) is 0 Å². The second-order valence-corrected chi connectivity index (χ2v) is 6.14. The Morgan fingerprint density at radius 2 is 1.74 bits per heavy atom. The quantitative estimate of drug-likeness (QED) is 0.808. The van der Waals surface area contributed by atoms with Crippen molar-refractivity contribution >= 4 is 6.03 Å². The third kappa shape index (κ3) is 5.01. The minimum absolute atomic E-state index is 0.0146. The number of nitrogens with one attached hydrogen (secondary N) is 1. The van der Waals surface area contributed by atoms with Gasteiger partial charge in [0.25, 0.3) is 0 Å². The van der Waals surface area contributed by atoms with Gasteiger partial charge in [0.2, 0.25) is 0 Å². The van der Waals surface area contributed by atoms with Gasteiger partial charge in [0, 0.05) is 19.6 Å². The van der Waals surface area contributed by atoms with Crippen molar-refractivity contribution in [2.24, 2.45) is 5.92 Å². The van der Waals surface area contributed by atoms with E-state index in [1.807, 2.05) is 0 Å². The average Bonchev–Trinajstić information content (AvgIpc) is 2.37. The van der Waals surface area contributed by atoms with Crippen LogP contribution in [-0.4, -0.2) is 41.8 Å². The van der Waals surface area contributed by atoms with Crippen LogP contribution in [0, 0.1) is 5.92 Å². The maximum Gasteiger partial charge on any atom is 0.317 e. The third-order valence-electron chi connectivity index (χ3n) is 4.45. The fourth-order valence-electron chi connectivity index (χ4n) is 3.23. The van der Waals surface area contributed by atoms with E-state index in [1.54, 1.807) is 4.90 Å². The second kappa shape index (κ2) is 7.73. The molecule has 0 bridgehead atoms. The smallest absolute Gasteiger partial charge is 0.317 e. The van der Waals surface area contributed by atoms with Crippen molar-refractivity contribution in [1.29, 1.82) is 0 Å². The summed E-state index contributed by atoms with van der Waals surface area (Å²) < 4.78 is 0. The summed E-state index contributed by atoms with van der Waals surface area (Å²) in [6, 6.07) is 0.0146. The molecule has 4 heteroatoms. The Balaban J connectivity index is 1.69. The first-order valence-electron chi connectivity index (χ1n) is 7.96. The van der Waals surface area contributed by atoms with Crippen LogP contribution in [0.2, 0.25) is 0 Å². The molecule has 110 valence electrons. The molecule has 0 radical (unpaired) electrons. The summed E-state index contributed by atoms with van der Waals surface area (Å²) in [7, 11) is 0. The molecule has 1 saturated carbocycles. The molecule has 2 amide bonds. The number of hydrogen-bond donors (Lipinski definition) is 2. The van der Waals surface area contributed by atoms with E-state index in [4.69, 9.17) is 0 Å². The van der Waals surface area contributed by atoms with Crippen LogP contribution < -0.4 is 5.32 Å². The molecule has 2 N–H and O–H groups in total. The van der Waals surface area contributed by atoms with Gasteiger partial charge in [-0.2, -0.15) is 0 Å². The van der Waals surface area contributed by atoms with Gasteiger partial charge in [-0.15, -0.1) is 0 Å². The van der Waals surface area contributed by atoms with Gasteiger partial charge in [-0.1, -0.05) is 32.1 Å². The van der Waals surface area contributed by atoms with E-state index in [1.165, 1.54) is 44.9 Å². The monoisotopic (exact) mass is 268 g/mol. The number of urea groups is 1. The fourth-order valence-corrected chi connectivity index (χ4v) is 3.23. The largest absolute Gasteiger partial charge is 0.391 e. The number of aliphatic hydroxyl groups excluding tert-OH is 1. The molecule has 19 heavy (non-hydrogen) atoms. The zero-order chi connectivity index (χ0) is 13.5. The van der Waals surface area contributed by atoms with Gasteiger partial charge in [-0.3, -0.25) is 0 Å². The lowest BCUT2D eigenvalue weighted by Crippen LogP contribution is -2.48. The van der Waals surface area contributed by atoms with Gasteiger partial charge in [-0.25, -0.2) is 4.79 Å². The van der Waals surface area contributed by atoms with Crippen molar-refractivity contribution in [3.63, 3.8) is 0 Å². The van der Waals surface area contributed by atoms with Crippen LogP contribution in [0.3, 0.4) is 0 Å². The van der Waals surface area contributed by atoms with Crippen LogP contribution in [0.4, 0.5) is 4.79 Å². The van der Waals surface area contributed by atoms with Gasteiger partial charge in [-0.05, 0) is 31.6 Å². The first kappa shape index (κ1) is 14.6. The van der Waals surface area contributed by atoms with Gasteiger partial charge < -0.3 is 15.3 Å². The molecule has 1 saturated heterocycles. The van der Waals surface area contributed by atoms with Crippen LogP contribution in [0.5, 0.6) is 0 Å². The molecule has 2 fully saturated rings. The zero-order valence-electron chi connectivity index (χ0n) is 11.9. The summed E-state index contributed by atoms with van der Waals surface area (Å²) in [5, 5.41) is 12.7. The van der Waals surface area contributed by atoms with Gasteiger partial charge in [0.05, 0.1) is 6.10 Å². The van der Waals surface area contributed by atoms with Crippen LogP contribution in [0.1, 0.15) is 57.8 Å². The summed E-state index contributed by atoms with van der Waals surface area (Å²) in [6.07, 6.45) is 10.6. The van der Waals surface area contributed by atoms with Crippen molar-refractivity contribution in [1.82, 2.24) is 10.2 Å². The molecule has 1 atom stereocenters. The Labute approximate surface area is 116 Å². The molecule has 0 aromatic carbocycles. The van der Waals surface area contributed by atoms with Crippen molar-refractivity contribution in [3.05, 3.63) is 0 Å². The molecular formula is C15H28N2O2. The highest BCUT2D eigenvalue weighted by Crippen LogP contribution is 2.21. The minimum atomic E-state index is -0.333. The maximum atomic E-state index is 12.0. The predicted octanol–water partition coefficient (Wildman–Crippen LogP) is 2.51. The highest BCUT2D eigenvalue weighted by molar-refractivity contribution is 5.74. The van der Waals surface area contributed by atoms with Crippen molar-refractivity contribution in [2.45, 2.75) is 63.9 Å². The van der Waals surface area contributed by atoms with E-state index in [0.717, 1.165) is 25.9 Å². The van der Waals surface area contributed by atoms with E-state index in [-0.39, 0.29) is 12.1 Å². The molecule has 0 spiro atoms. The van der Waals surface area contributed by atoms with E-state index in [9.17, 15) is 9.90 Å². The van der Waals surface area contributed by atoms with E-state index >= 15 is 0 Å². The topological polar surface area (TPSA) is 52.6 Å². The molecule has 2 aliphatic rings. The number of hydrogen-bond acceptors (Lipinski definition) is 2. The number of nitrogens with zero attached hydrogens (tertiary/aromatic N) is 1. The Kier molecular flexibility index (Phi) is 5.95. The number of piperidine rings is 1. The molecule has 1 aliphatic heterocycles. The highest BCUT2D eigenvalue weighted by Gasteiger charge is 2.22. The Morgan fingerprint density at radius 1 is 1.05 bits per heavy atom. The van der Waals surface area contributed by atoms with E-state index in [2.05, 4.69) is 5.32 Å². The van der Waals surface area contributed by atoms with Crippen molar-refractivity contribution in [3.8, 4) is 0 Å². The predicted molar refractivity (Wildman–Crippen MR) is 76.0 cm³/mol. The van der Waals surface area contributed by atoms with E-state index in [0.29, 0.717) is 12.5 Å². The summed E-state index contributed by atoms with van der Waals surface area (Å²) in [6.45, 7) is 2.09. The molecule has 2 rings (SSSR count). The number of amides is 2. The molecular weight excluding hydrogens is 240 g/mol. The lowest BCUT2D eigenvalue weighted by atomic mass is 9.91. The average molecular weight is 268 g/mol. The lowest BCUT2D eigenvalue weighted by Gasteiger charge is -2.31. The van der Waals surface area contributed by atoms with Crippen molar-refractivity contribution in [2.75, 3.05) is 19.6 Å².